The summed E-state index contributed by atoms with van der Waals surface area (Å²) in [5.74, 6) is -0.0472. The lowest BCUT2D eigenvalue weighted by atomic mass is 10.1. The van der Waals surface area contributed by atoms with E-state index in [4.69, 9.17) is 11.6 Å². The maximum Gasteiger partial charge on any atom is 0.247 e. The Hall–Kier alpha value is -2.53. The van der Waals surface area contributed by atoms with Gasteiger partial charge in [0, 0.05) is 17.6 Å². The number of rotatable bonds is 3. The summed E-state index contributed by atoms with van der Waals surface area (Å²) in [5.41, 5.74) is 2.76. The molecule has 6 heteroatoms. The molecule has 0 aliphatic carbocycles. The zero-order valence-corrected chi connectivity index (χ0v) is 14.3. The number of anilines is 2. The van der Waals surface area contributed by atoms with Gasteiger partial charge in [-0.25, -0.2) is 0 Å². The first kappa shape index (κ1) is 16.0. The van der Waals surface area contributed by atoms with E-state index in [0.29, 0.717) is 24.4 Å². The van der Waals surface area contributed by atoms with E-state index in [1.165, 1.54) is 0 Å². The first-order chi connectivity index (χ1) is 12.1. The summed E-state index contributed by atoms with van der Waals surface area (Å²) in [6, 6.07) is 14.8. The normalized spacial score (nSPS) is 21.3. The molecule has 2 N–H and O–H groups in total. The van der Waals surface area contributed by atoms with Crippen LogP contribution in [-0.4, -0.2) is 30.4 Å². The molecule has 2 aliphatic rings. The summed E-state index contributed by atoms with van der Waals surface area (Å²) in [6.45, 7) is 0.640. The molecule has 0 spiro atoms. The third-order valence-electron chi connectivity index (χ3n) is 4.72. The van der Waals surface area contributed by atoms with E-state index in [1.54, 1.807) is 12.1 Å². The Balaban J connectivity index is 1.43. The molecule has 0 saturated carbocycles. The number of hydrogen-bond acceptors (Lipinski definition) is 3. The number of fused-ring (bicyclic) bond motifs is 3. The lowest BCUT2D eigenvalue weighted by molar-refractivity contribution is -0.121. The number of carbonyl (C=O) groups excluding carboxylic acids is 2. The molecule has 2 heterocycles. The second-order valence-electron chi connectivity index (χ2n) is 6.48. The van der Waals surface area contributed by atoms with Crippen LogP contribution in [0.1, 0.15) is 12.0 Å². The maximum absolute atomic E-state index is 12.3. The van der Waals surface area contributed by atoms with E-state index in [-0.39, 0.29) is 23.9 Å². The number of hydrogen-bond donors (Lipinski definition) is 2. The summed E-state index contributed by atoms with van der Waals surface area (Å²) in [4.78, 5) is 26.7. The largest absolute Gasteiger partial charge is 0.356 e. The smallest absolute Gasteiger partial charge is 0.247 e. The van der Waals surface area contributed by atoms with E-state index in [2.05, 4.69) is 15.5 Å². The summed E-state index contributed by atoms with van der Waals surface area (Å²) in [5, 5.41) is 6.65. The number of benzene rings is 2. The third kappa shape index (κ3) is 3.20. The quantitative estimate of drug-likeness (QED) is 0.889. The van der Waals surface area contributed by atoms with Crippen LogP contribution in [0.3, 0.4) is 0 Å². The molecule has 2 aromatic carbocycles. The maximum atomic E-state index is 12.3. The number of carbonyl (C=O) groups is 2. The van der Waals surface area contributed by atoms with Gasteiger partial charge in [0.1, 0.15) is 6.04 Å². The van der Waals surface area contributed by atoms with Gasteiger partial charge in [-0.3, -0.25) is 9.59 Å². The molecule has 0 aromatic heterocycles. The Labute approximate surface area is 151 Å². The summed E-state index contributed by atoms with van der Waals surface area (Å²) < 4.78 is 0. The Kier molecular flexibility index (Phi) is 4.09. The predicted octanol–water partition coefficient (Wildman–Crippen LogP) is 2.60. The van der Waals surface area contributed by atoms with Crippen molar-refractivity contribution in [1.82, 2.24) is 5.32 Å². The number of para-hydroxylation sites is 2. The first-order valence-electron chi connectivity index (χ1n) is 8.30. The van der Waals surface area contributed by atoms with Gasteiger partial charge < -0.3 is 15.5 Å². The Morgan fingerprint density at radius 3 is 2.76 bits per heavy atom. The zero-order chi connectivity index (χ0) is 17.4. The standard InChI is InChI=1S/C19H18ClN3O2/c20-13-7-5-12(6-8-13)9-18(24)21-14-10-17-19(25)22-15-3-1-2-4-16(15)23(17)11-14/h1-8,14,17H,9-11H2,(H,21,24)(H,22,25). The van der Waals surface area contributed by atoms with Gasteiger partial charge in [0.2, 0.25) is 11.8 Å². The van der Waals surface area contributed by atoms with Crippen LogP contribution in [0.15, 0.2) is 48.5 Å². The molecule has 2 unspecified atom stereocenters. The monoisotopic (exact) mass is 355 g/mol. The molecule has 128 valence electrons. The predicted molar refractivity (Wildman–Crippen MR) is 97.9 cm³/mol. The van der Waals surface area contributed by atoms with Crippen LogP contribution >= 0.6 is 11.6 Å². The first-order valence-corrected chi connectivity index (χ1v) is 8.68. The van der Waals surface area contributed by atoms with Crippen LogP contribution in [0.5, 0.6) is 0 Å². The molecule has 4 rings (SSSR count). The van der Waals surface area contributed by atoms with Gasteiger partial charge in [-0.2, -0.15) is 0 Å². The molecule has 0 bridgehead atoms. The Morgan fingerprint density at radius 1 is 1.20 bits per heavy atom. The van der Waals surface area contributed by atoms with Crippen molar-refractivity contribution in [3.8, 4) is 0 Å². The highest BCUT2D eigenvalue weighted by atomic mass is 35.5. The van der Waals surface area contributed by atoms with Gasteiger partial charge in [-0.1, -0.05) is 35.9 Å². The van der Waals surface area contributed by atoms with Crippen LogP contribution in [0, 0.1) is 0 Å². The molecule has 1 saturated heterocycles. The third-order valence-corrected chi connectivity index (χ3v) is 4.97. The van der Waals surface area contributed by atoms with Crippen LogP contribution in [0.2, 0.25) is 5.02 Å². The van der Waals surface area contributed by atoms with Gasteiger partial charge in [0.15, 0.2) is 0 Å². The molecular formula is C19H18ClN3O2. The van der Waals surface area contributed by atoms with Crippen LogP contribution < -0.4 is 15.5 Å². The fourth-order valence-electron chi connectivity index (χ4n) is 3.57. The lowest BCUT2D eigenvalue weighted by Gasteiger charge is -2.32. The summed E-state index contributed by atoms with van der Waals surface area (Å²) >= 11 is 5.87. The minimum atomic E-state index is -0.226. The van der Waals surface area contributed by atoms with Crippen molar-refractivity contribution in [2.45, 2.75) is 24.9 Å². The summed E-state index contributed by atoms with van der Waals surface area (Å²) in [7, 11) is 0. The van der Waals surface area contributed by atoms with Crippen molar-refractivity contribution in [1.29, 1.82) is 0 Å². The highest BCUT2D eigenvalue weighted by Crippen LogP contribution is 2.36. The molecule has 2 amide bonds. The highest BCUT2D eigenvalue weighted by Gasteiger charge is 2.41. The number of halogens is 1. The van der Waals surface area contributed by atoms with E-state index in [9.17, 15) is 9.59 Å². The molecule has 1 fully saturated rings. The minimum absolute atomic E-state index is 0.00634. The average Bonchev–Trinajstić information content (AvgIpc) is 3.01. The van der Waals surface area contributed by atoms with Crippen LogP contribution in [0.25, 0.3) is 0 Å². The number of nitrogens with one attached hydrogen (secondary N) is 2. The molecule has 25 heavy (non-hydrogen) atoms. The Morgan fingerprint density at radius 2 is 1.96 bits per heavy atom. The molecule has 2 aliphatic heterocycles. The van der Waals surface area contributed by atoms with Crippen molar-refractivity contribution in [2.75, 3.05) is 16.8 Å². The second kappa shape index (κ2) is 6.41. The molecule has 2 atom stereocenters. The van der Waals surface area contributed by atoms with Gasteiger partial charge in [-0.15, -0.1) is 0 Å². The van der Waals surface area contributed by atoms with Crippen molar-refractivity contribution in [3.63, 3.8) is 0 Å². The van der Waals surface area contributed by atoms with Crippen molar-refractivity contribution in [2.24, 2.45) is 0 Å². The number of nitrogens with zero attached hydrogens (tertiary/aromatic N) is 1. The van der Waals surface area contributed by atoms with Gasteiger partial charge in [0.05, 0.1) is 17.8 Å². The van der Waals surface area contributed by atoms with Gasteiger partial charge >= 0.3 is 0 Å². The molecule has 0 radical (unpaired) electrons. The highest BCUT2D eigenvalue weighted by molar-refractivity contribution is 6.30. The number of amides is 2. The SMILES string of the molecule is O=C(Cc1ccc(Cl)cc1)NC1CC2C(=O)Nc3ccccc3N2C1. The zero-order valence-electron chi connectivity index (χ0n) is 13.5. The topological polar surface area (TPSA) is 61.4 Å². The minimum Gasteiger partial charge on any atom is -0.356 e. The van der Waals surface area contributed by atoms with Gasteiger partial charge in [-0.05, 0) is 36.2 Å². The molecular weight excluding hydrogens is 338 g/mol. The lowest BCUT2D eigenvalue weighted by Crippen LogP contribution is -2.44. The van der Waals surface area contributed by atoms with Crippen molar-refractivity contribution in [3.05, 3.63) is 59.1 Å². The second-order valence-corrected chi connectivity index (χ2v) is 6.91. The molecule has 2 aromatic rings. The molecule has 5 nitrogen and oxygen atoms in total. The van der Waals surface area contributed by atoms with E-state index < -0.39 is 0 Å². The van der Waals surface area contributed by atoms with E-state index in [0.717, 1.165) is 16.9 Å². The van der Waals surface area contributed by atoms with E-state index >= 15 is 0 Å². The fraction of sp³-hybridized carbons (Fsp3) is 0.263. The van der Waals surface area contributed by atoms with Crippen LogP contribution in [0.4, 0.5) is 11.4 Å². The Bertz CT molecular complexity index is 822. The van der Waals surface area contributed by atoms with Crippen LogP contribution in [-0.2, 0) is 16.0 Å². The van der Waals surface area contributed by atoms with Gasteiger partial charge in [0.25, 0.3) is 0 Å². The van der Waals surface area contributed by atoms with Crippen molar-refractivity contribution >= 4 is 34.8 Å². The fourth-order valence-corrected chi connectivity index (χ4v) is 3.69. The average molecular weight is 356 g/mol. The van der Waals surface area contributed by atoms with Crippen molar-refractivity contribution < 1.29 is 9.59 Å². The summed E-state index contributed by atoms with van der Waals surface area (Å²) in [6.07, 6.45) is 0.924. The van der Waals surface area contributed by atoms with E-state index in [1.807, 2.05) is 36.4 Å².